The number of nitrogens with zero attached hydrogens (tertiary/aromatic N) is 3. The highest BCUT2D eigenvalue weighted by atomic mass is 16.5. The monoisotopic (exact) mass is 397 g/mol. The van der Waals surface area contributed by atoms with Crippen molar-refractivity contribution in [1.29, 1.82) is 0 Å². The van der Waals surface area contributed by atoms with Crippen molar-refractivity contribution in [3.8, 4) is 5.75 Å². The van der Waals surface area contributed by atoms with Gasteiger partial charge in [-0.2, -0.15) is 4.98 Å². The Bertz CT molecular complexity index is 890. The Morgan fingerprint density at radius 1 is 0.966 bits per heavy atom. The number of oxazole rings is 1. The summed E-state index contributed by atoms with van der Waals surface area (Å²) in [4.78, 5) is 21.3. The molecule has 1 fully saturated rings. The summed E-state index contributed by atoms with van der Waals surface area (Å²) < 4.78 is 15.3. The van der Waals surface area contributed by atoms with E-state index in [-0.39, 0.29) is 5.91 Å². The van der Waals surface area contributed by atoms with Gasteiger partial charge in [0.25, 0.3) is 11.9 Å². The van der Waals surface area contributed by atoms with Crippen LogP contribution in [-0.2, 0) is 4.74 Å². The number of benzene rings is 2. The van der Waals surface area contributed by atoms with E-state index in [4.69, 9.17) is 9.15 Å². The van der Waals surface area contributed by atoms with Gasteiger partial charge in [-0.15, -0.1) is 0 Å². The van der Waals surface area contributed by atoms with Gasteiger partial charge in [0.1, 0.15) is 11.3 Å². The predicted molar refractivity (Wildman–Crippen MR) is 113 cm³/mol. The number of hydrogen-bond acceptors (Lipinski definition) is 6. The van der Waals surface area contributed by atoms with Crippen molar-refractivity contribution in [2.75, 3.05) is 52.4 Å². The molecule has 0 aliphatic carbocycles. The third kappa shape index (κ3) is 5.06. The minimum absolute atomic E-state index is 0.0482. The first-order valence-electron chi connectivity index (χ1n) is 9.60. The number of para-hydroxylation sites is 2. The van der Waals surface area contributed by atoms with Gasteiger partial charge in [0, 0.05) is 46.0 Å². The normalized spacial score (nSPS) is 14.2. The molecule has 3 aromatic rings. The number of carbonyl (C=O) groups is 1. The molecule has 4 rings (SSSR count). The van der Waals surface area contributed by atoms with E-state index >= 15 is 0 Å². The van der Waals surface area contributed by atoms with Gasteiger partial charge in [0.2, 0.25) is 0 Å². The summed E-state index contributed by atoms with van der Waals surface area (Å²) in [5.74, 6) is 0.798. The van der Waals surface area contributed by atoms with Crippen molar-refractivity contribution in [2.24, 2.45) is 0 Å². The number of carbonyl (C=O) groups excluding carboxylic acids is 1. The number of fused-ring (bicyclic) bond motifs is 1. The second-order valence-corrected chi connectivity index (χ2v) is 6.73. The van der Waals surface area contributed by atoms with Crippen molar-refractivity contribution in [1.82, 2.24) is 9.88 Å². The zero-order valence-corrected chi connectivity index (χ0v) is 17.1. The van der Waals surface area contributed by atoms with E-state index in [0.717, 1.165) is 36.4 Å². The highest BCUT2D eigenvalue weighted by Crippen LogP contribution is 2.23. The third-order valence-electron chi connectivity index (χ3n) is 4.67. The van der Waals surface area contributed by atoms with Crippen LogP contribution in [0.4, 0.5) is 6.01 Å². The van der Waals surface area contributed by atoms with Crippen LogP contribution in [0.25, 0.3) is 11.1 Å². The molecule has 154 valence electrons. The Kier molecular flexibility index (Phi) is 7.08. The molecule has 0 unspecified atom stereocenters. The third-order valence-corrected chi connectivity index (χ3v) is 4.67. The van der Waals surface area contributed by atoms with Crippen molar-refractivity contribution < 1.29 is 18.7 Å². The molecule has 2 aromatic carbocycles. The molecule has 0 spiro atoms. The van der Waals surface area contributed by atoms with Crippen LogP contribution in [0.1, 0.15) is 16.8 Å². The van der Waals surface area contributed by atoms with E-state index < -0.39 is 0 Å². The summed E-state index contributed by atoms with van der Waals surface area (Å²) in [5, 5.41) is 0. The largest absolute Gasteiger partial charge is 0.497 e. The van der Waals surface area contributed by atoms with Crippen LogP contribution >= 0.6 is 0 Å². The van der Waals surface area contributed by atoms with E-state index in [1.54, 1.807) is 21.3 Å². The molecular weight excluding hydrogens is 370 g/mol. The maximum absolute atomic E-state index is 12.8. The standard InChI is InChI=1S/C20H21N3O3.C2H6O/c1-25-16-9-7-15(8-10-16)19(24)22-11-4-12-23(14-13-22)20-21-17-5-2-3-6-18(17)26-20;1-3-2/h2-3,5-10H,4,11-14H2,1H3;1-2H3. The van der Waals surface area contributed by atoms with Gasteiger partial charge in [-0.25, -0.2) is 0 Å². The Labute approximate surface area is 170 Å². The second-order valence-electron chi connectivity index (χ2n) is 6.73. The van der Waals surface area contributed by atoms with Crippen molar-refractivity contribution in [3.63, 3.8) is 0 Å². The average Bonchev–Trinajstić information content (AvgIpc) is 3.03. The van der Waals surface area contributed by atoms with Crippen LogP contribution in [0, 0.1) is 0 Å². The van der Waals surface area contributed by atoms with E-state index in [2.05, 4.69) is 14.6 Å². The first kappa shape index (κ1) is 20.7. The smallest absolute Gasteiger partial charge is 0.298 e. The number of hydrogen-bond donors (Lipinski definition) is 0. The van der Waals surface area contributed by atoms with Crippen LogP contribution in [0.3, 0.4) is 0 Å². The molecule has 29 heavy (non-hydrogen) atoms. The van der Waals surface area contributed by atoms with Crippen LogP contribution in [0.5, 0.6) is 5.75 Å². The Morgan fingerprint density at radius 2 is 1.69 bits per heavy atom. The van der Waals surface area contributed by atoms with Crippen LogP contribution in [-0.4, -0.2) is 63.3 Å². The molecule has 0 N–H and O–H groups in total. The molecule has 0 atom stereocenters. The van der Waals surface area contributed by atoms with Gasteiger partial charge >= 0.3 is 0 Å². The lowest BCUT2D eigenvalue weighted by Crippen LogP contribution is -2.35. The molecule has 1 aliphatic heterocycles. The molecule has 1 aliphatic rings. The quantitative estimate of drug-likeness (QED) is 0.674. The van der Waals surface area contributed by atoms with Crippen LogP contribution < -0.4 is 9.64 Å². The summed E-state index contributed by atoms with van der Waals surface area (Å²) in [5.41, 5.74) is 2.33. The lowest BCUT2D eigenvalue weighted by Gasteiger charge is -2.21. The van der Waals surface area contributed by atoms with E-state index in [0.29, 0.717) is 24.7 Å². The van der Waals surface area contributed by atoms with Crippen molar-refractivity contribution in [3.05, 3.63) is 54.1 Å². The number of ether oxygens (including phenoxy) is 2. The van der Waals surface area contributed by atoms with Crippen molar-refractivity contribution in [2.45, 2.75) is 6.42 Å². The lowest BCUT2D eigenvalue weighted by atomic mass is 10.2. The number of anilines is 1. The molecule has 1 aromatic heterocycles. The molecular formula is C22H27N3O4. The fourth-order valence-corrected chi connectivity index (χ4v) is 3.22. The molecule has 1 amide bonds. The lowest BCUT2D eigenvalue weighted by molar-refractivity contribution is 0.0767. The summed E-state index contributed by atoms with van der Waals surface area (Å²) in [6.07, 6.45) is 0.876. The van der Waals surface area contributed by atoms with E-state index in [9.17, 15) is 4.79 Å². The summed E-state index contributed by atoms with van der Waals surface area (Å²) in [6, 6.07) is 15.6. The van der Waals surface area contributed by atoms with Gasteiger partial charge in [0.15, 0.2) is 5.58 Å². The molecule has 7 nitrogen and oxygen atoms in total. The minimum Gasteiger partial charge on any atom is -0.497 e. The first-order chi connectivity index (χ1) is 14.2. The molecule has 0 radical (unpaired) electrons. The fraction of sp³-hybridized carbons (Fsp3) is 0.364. The van der Waals surface area contributed by atoms with Crippen LogP contribution in [0.15, 0.2) is 52.9 Å². The summed E-state index contributed by atoms with van der Waals surface area (Å²) >= 11 is 0. The number of methoxy groups -OCH3 is 2. The zero-order valence-electron chi connectivity index (χ0n) is 17.1. The maximum Gasteiger partial charge on any atom is 0.298 e. The molecule has 1 saturated heterocycles. The highest BCUT2D eigenvalue weighted by Gasteiger charge is 2.22. The van der Waals surface area contributed by atoms with Crippen molar-refractivity contribution >= 4 is 23.0 Å². The minimum atomic E-state index is 0.0482. The zero-order chi connectivity index (χ0) is 20.6. The number of amides is 1. The number of rotatable bonds is 3. The van der Waals surface area contributed by atoms with Gasteiger partial charge in [0.05, 0.1) is 7.11 Å². The van der Waals surface area contributed by atoms with Gasteiger partial charge in [-0.05, 0) is 42.8 Å². The van der Waals surface area contributed by atoms with Gasteiger partial charge < -0.3 is 23.7 Å². The molecule has 0 saturated carbocycles. The predicted octanol–water partition coefficient (Wildman–Crippen LogP) is 3.45. The Morgan fingerprint density at radius 3 is 2.38 bits per heavy atom. The molecule has 2 heterocycles. The summed E-state index contributed by atoms with van der Waals surface area (Å²) in [7, 11) is 4.87. The Balaban J connectivity index is 0.000000755. The van der Waals surface area contributed by atoms with Gasteiger partial charge in [-0.1, -0.05) is 12.1 Å². The summed E-state index contributed by atoms with van der Waals surface area (Å²) in [6.45, 7) is 2.89. The van der Waals surface area contributed by atoms with Crippen LogP contribution in [0.2, 0.25) is 0 Å². The van der Waals surface area contributed by atoms with E-state index in [1.807, 2.05) is 53.4 Å². The second kappa shape index (κ2) is 9.93. The van der Waals surface area contributed by atoms with E-state index in [1.165, 1.54) is 0 Å². The first-order valence-corrected chi connectivity index (χ1v) is 9.60. The Hall–Kier alpha value is -3.06. The highest BCUT2D eigenvalue weighted by molar-refractivity contribution is 5.94. The topological polar surface area (TPSA) is 68.0 Å². The van der Waals surface area contributed by atoms with Gasteiger partial charge in [-0.3, -0.25) is 4.79 Å². The maximum atomic E-state index is 12.8. The fourth-order valence-electron chi connectivity index (χ4n) is 3.22. The molecule has 0 bridgehead atoms. The average molecular weight is 397 g/mol. The SMILES string of the molecule is COC.COc1ccc(C(=O)N2CCCN(c3nc4ccccc4o3)CC2)cc1. The number of aromatic nitrogens is 1. The molecule has 7 heteroatoms.